The van der Waals surface area contributed by atoms with Crippen molar-refractivity contribution in [3.63, 3.8) is 0 Å². The van der Waals surface area contributed by atoms with Crippen molar-refractivity contribution >= 4 is 17.8 Å². The standard InChI is InChI=1S/C12H20N2O5/c1-3-19-12(18)9(13)10(15)14-5-4-8(11(16)17)6-7(14)2/h7-9H,3-6,13H2,1-2H3,(H,16,17). The molecule has 7 nitrogen and oxygen atoms in total. The summed E-state index contributed by atoms with van der Waals surface area (Å²) < 4.78 is 4.70. The minimum atomic E-state index is -1.33. The van der Waals surface area contributed by atoms with E-state index in [0.29, 0.717) is 19.4 Å². The Balaban J connectivity index is 2.63. The van der Waals surface area contributed by atoms with Gasteiger partial charge in [0.1, 0.15) is 0 Å². The number of nitrogens with two attached hydrogens (primary N) is 1. The molecule has 108 valence electrons. The van der Waals surface area contributed by atoms with Gasteiger partial charge in [-0.25, -0.2) is 4.79 Å². The summed E-state index contributed by atoms with van der Waals surface area (Å²) in [6.45, 7) is 3.85. The lowest BCUT2D eigenvalue weighted by Gasteiger charge is -2.37. The molecule has 0 spiro atoms. The molecule has 0 aromatic heterocycles. The van der Waals surface area contributed by atoms with E-state index in [2.05, 4.69) is 0 Å². The van der Waals surface area contributed by atoms with Gasteiger partial charge in [0.2, 0.25) is 0 Å². The summed E-state index contributed by atoms with van der Waals surface area (Å²) >= 11 is 0. The average molecular weight is 272 g/mol. The highest BCUT2D eigenvalue weighted by atomic mass is 16.5. The summed E-state index contributed by atoms with van der Waals surface area (Å²) in [5.74, 6) is -2.55. The number of carbonyl (C=O) groups is 3. The molecule has 0 saturated carbocycles. The second-order valence-electron chi connectivity index (χ2n) is 4.67. The Morgan fingerprint density at radius 3 is 2.58 bits per heavy atom. The van der Waals surface area contributed by atoms with E-state index in [-0.39, 0.29) is 12.6 Å². The number of hydrogen-bond acceptors (Lipinski definition) is 5. The van der Waals surface area contributed by atoms with E-state index in [4.69, 9.17) is 15.6 Å². The fourth-order valence-corrected chi connectivity index (χ4v) is 2.24. The van der Waals surface area contributed by atoms with Crippen LogP contribution in [0.3, 0.4) is 0 Å². The van der Waals surface area contributed by atoms with Crippen LogP contribution in [0, 0.1) is 5.92 Å². The van der Waals surface area contributed by atoms with Crippen LogP contribution in [0.2, 0.25) is 0 Å². The lowest BCUT2D eigenvalue weighted by molar-refractivity contribution is -0.154. The first kappa shape index (κ1) is 15.4. The first-order valence-electron chi connectivity index (χ1n) is 6.34. The number of nitrogens with zero attached hydrogens (tertiary/aromatic N) is 1. The minimum Gasteiger partial charge on any atom is -0.481 e. The average Bonchev–Trinajstić information content (AvgIpc) is 2.37. The van der Waals surface area contributed by atoms with Gasteiger partial charge in [0.25, 0.3) is 5.91 Å². The van der Waals surface area contributed by atoms with Crippen molar-refractivity contribution in [3.05, 3.63) is 0 Å². The molecule has 1 aliphatic heterocycles. The number of carboxylic acids is 1. The molecule has 3 atom stereocenters. The molecule has 7 heteroatoms. The summed E-state index contributed by atoms with van der Waals surface area (Å²) in [7, 11) is 0. The van der Waals surface area contributed by atoms with Gasteiger partial charge >= 0.3 is 11.9 Å². The van der Waals surface area contributed by atoms with Crippen molar-refractivity contribution in [2.75, 3.05) is 13.2 Å². The monoisotopic (exact) mass is 272 g/mol. The second-order valence-corrected chi connectivity index (χ2v) is 4.67. The SMILES string of the molecule is CCOC(=O)C(N)C(=O)N1CCC(C(=O)O)CC1C. The van der Waals surface area contributed by atoms with Crippen LogP contribution in [0.25, 0.3) is 0 Å². The van der Waals surface area contributed by atoms with Gasteiger partial charge in [0, 0.05) is 12.6 Å². The number of piperidine rings is 1. The van der Waals surface area contributed by atoms with Crippen molar-refractivity contribution < 1.29 is 24.2 Å². The number of hydrogen-bond donors (Lipinski definition) is 2. The number of esters is 1. The summed E-state index contributed by atoms with van der Waals surface area (Å²) in [4.78, 5) is 35.8. The largest absolute Gasteiger partial charge is 0.481 e. The highest BCUT2D eigenvalue weighted by Crippen LogP contribution is 2.23. The number of aliphatic carboxylic acids is 1. The van der Waals surface area contributed by atoms with E-state index in [9.17, 15) is 14.4 Å². The minimum absolute atomic E-state index is 0.163. The zero-order chi connectivity index (χ0) is 14.6. The highest BCUT2D eigenvalue weighted by molar-refractivity contribution is 6.01. The Kier molecular flexibility index (Phi) is 5.29. The van der Waals surface area contributed by atoms with Gasteiger partial charge in [-0.3, -0.25) is 9.59 Å². The van der Waals surface area contributed by atoms with Crippen molar-refractivity contribution in [1.82, 2.24) is 4.90 Å². The number of amides is 1. The molecule has 0 aromatic rings. The Bertz CT molecular complexity index is 371. The zero-order valence-electron chi connectivity index (χ0n) is 11.2. The summed E-state index contributed by atoms with van der Waals surface area (Å²) in [6.07, 6.45) is 0.748. The van der Waals surface area contributed by atoms with Gasteiger partial charge < -0.3 is 20.5 Å². The van der Waals surface area contributed by atoms with Gasteiger partial charge in [0.05, 0.1) is 12.5 Å². The molecule has 1 saturated heterocycles. The van der Waals surface area contributed by atoms with Crippen molar-refractivity contribution in [1.29, 1.82) is 0 Å². The lowest BCUT2D eigenvalue weighted by atomic mass is 9.91. The molecule has 0 aliphatic carbocycles. The van der Waals surface area contributed by atoms with Crippen LogP contribution in [0.5, 0.6) is 0 Å². The molecule has 1 amide bonds. The van der Waals surface area contributed by atoms with E-state index in [1.165, 1.54) is 4.90 Å². The Morgan fingerprint density at radius 2 is 2.11 bits per heavy atom. The van der Waals surface area contributed by atoms with E-state index in [1.807, 2.05) is 0 Å². The molecule has 3 unspecified atom stereocenters. The van der Waals surface area contributed by atoms with Crippen LogP contribution in [0.4, 0.5) is 0 Å². The van der Waals surface area contributed by atoms with Crippen LogP contribution in [0.15, 0.2) is 0 Å². The number of carbonyl (C=O) groups excluding carboxylic acids is 2. The van der Waals surface area contributed by atoms with Crippen LogP contribution >= 0.6 is 0 Å². The van der Waals surface area contributed by atoms with Crippen LogP contribution in [-0.2, 0) is 19.1 Å². The van der Waals surface area contributed by atoms with E-state index < -0.39 is 29.8 Å². The molecule has 0 radical (unpaired) electrons. The third-order valence-electron chi connectivity index (χ3n) is 3.32. The van der Waals surface area contributed by atoms with Gasteiger partial charge in [-0.2, -0.15) is 0 Å². The highest BCUT2D eigenvalue weighted by Gasteiger charge is 2.36. The number of ether oxygens (including phenoxy) is 1. The van der Waals surface area contributed by atoms with Crippen molar-refractivity contribution in [3.8, 4) is 0 Å². The first-order chi connectivity index (χ1) is 8.88. The molecule has 1 fully saturated rings. The fraction of sp³-hybridized carbons (Fsp3) is 0.750. The molecule has 0 aromatic carbocycles. The maximum atomic E-state index is 12.1. The second kappa shape index (κ2) is 6.51. The molecule has 19 heavy (non-hydrogen) atoms. The van der Waals surface area contributed by atoms with E-state index in [1.54, 1.807) is 13.8 Å². The third-order valence-corrected chi connectivity index (χ3v) is 3.32. The maximum absolute atomic E-state index is 12.1. The smallest absolute Gasteiger partial charge is 0.332 e. The topological polar surface area (TPSA) is 110 Å². The van der Waals surface area contributed by atoms with Crippen LogP contribution in [-0.4, -0.2) is 53.1 Å². The zero-order valence-corrected chi connectivity index (χ0v) is 11.2. The van der Waals surface area contributed by atoms with Crippen molar-refractivity contribution in [2.24, 2.45) is 11.7 Å². The summed E-state index contributed by atoms with van der Waals surface area (Å²) in [6, 6.07) is -1.58. The quantitative estimate of drug-likeness (QED) is 0.531. The summed E-state index contributed by atoms with van der Waals surface area (Å²) in [5.41, 5.74) is 5.55. The number of likely N-dealkylation sites (tertiary alicyclic amines) is 1. The Morgan fingerprint density at radius 1 is 1.47 bits per heavy atom. The normalized spacial score (nSPS) is 24.7. The first-order valence-corrected chi connectivity index (χ1v) is 6.34. The summed E-state index contributed by atoms with van der Waals surface area (Å²) in [5, 5.41) is 8.95. The Hall–Kier alpha value is -1.63. The Labute approximate surface area is 111 Å². The van der Waals surface area contributed by atoms with Crippen LogP contribution < -0.4 is 5.73 Å². The maximum Gasteiger partial charge on any atom is 0.332 e. The molecule has 1 aliphatic rings. The van der Waals surface area contributed by atoms with Gasteiger partial charge in [-0.05, 0) is 26.7 Å². The van der Waals surface area contributed by atoms with E-state index in [0.717, 1.165) is 0 Å². The molecule has 1 heterocycles. The molecular formula is C12H20N2O5. The lowest BCUT2D eigenvalue weighted by Crippen LogP contribution is -2.54. The van der Waals surface area contributed by atoms with Crippen LogP contribution in [0.1, 0.15) is 26.7 Å². The number of carboxylic acid groups (broad SMARTS) is 1. The number of rotatable bonds is 4. The molecule has 0 bridgehead atoms. The molecule has 1 rings (SSSR count). The van der Waals surface area contributed by atoms with E-state index >= 15 is 0 Å². The van der Waals surface area contributed by atoms with Gasteiger partial charge in [-0.1, -0.05) is 0 Å². The predicted octanol–water partition coefficient (Wildman–Crippen LogP) is -0.411. The molecular weight excluding hydrogens is 252 g/mol. The fourth-order valence-electron chi connectivity index (χ4n) is 2.24. The van der Waals surface area contributed by atoms with Gasteiger partial charge in [0.15, 0.2) is 6.04 Å². The molecule has 3 N–H and O–H groups in total. The van der Waals surface area contributed by atoms with Gasteiger partial charge in [-0.15, -0.1) is 0 Å². The third kappa shape index (κ3) is 3.66. The van der Waals surface area contributed by atoms with Crippen molar-refractivity contribution in [2.45, 2.75) is 38.8 Å². The predicted molar refractivity (Wildman–Crippen MR) is 66.1 cm³/mol.